The van der Waals surface area contributed by atoms with E-state index < -0.39 is 11.4 Å². The van der Waals surface area contributed by atoms with Gasteiger partial charge in [-0.15, -0.1) is 0 Å². The number of benzene rings is 3. The van der Waals surface area contributed by atoms with E-state index in [-0.39, 0.29) is 17.5 Å². The maximum atomic E-state index is 14.1. The van der Waals surface area contributed by atoms with Crippen molar-refractivity contribution >= 4 is 17.6 Å². The molecule has 0 aliphatic heterocycles. The monoisotopic (exact) mass is 551 g/mol. The van der Waals surface area contributed by atoms with Gasteiger partial charge in [-0.25, -0.2) is 4.39 Å². The van der Waals surface area contributed by atoms with E-state index in [1.54, 1.807) is 19.2 Å². The molecule has 0 atom stereocenters. The minimum Gasteiger partial charge on any atom is -0.459 e. The predicted octanol–water partition coefficient (Wildman–Crippen LogP) is 6.78. The van der Waals surface area contributed by atoms with Gasteiger partial charge in [-0.05, 0) is 62.7 Å². The van der Waals surface area contributed by atoms with Crippen LogP contribution in [0, 0.1) is 5.82 Å². The maximum absolute atomic E-state index is 14.1. The molecule has 0 radical (unpaired) electrons. The Labute approximate surface area is 232 Å². The smallest absolute Gasteiger partial charge is 0.320 e. The van der Waals surface area contributed by atoms with Gasteiger partial charge in [0.15, 0.2) is 0 Å². The van der Waals surface area contributed by atoms with Crippen molar-refractivity contribution in [2.45, 2.75) is 39.5 Å². The van der Waals surface area contributed by atoms with E-state index >= 15 is 0 Å². The lowest BCUT2D eigenvalue weighted by molar-refractivity contribution is -0.155. The van der Waals surface area contributed by atoms with Crippen molar-refractivity contribution in [2.24, 2.45) is 0 Å². The van der Waals surface area contributed by atoms with Gasteiger partial charge in [0.1, 0.15) is 11.4 Å². The number of likely N-dealkylation sites (N-methyl/N-ethyl adjacent to an activating group) is 1. The van der Waals surface area contributed by atoms with Crippen LogP contribution in [0.1, 0.15) is 31.9 Å². The van der Waals surface area contributed by atoms with Gasteiger partial charge in [0.25, 0.3) is 5.89 Å². The molecule has 4 rings (SSSR count). The zero-order chi connectivity index (χ0) is 28.2. The third-order valence-corrected chi connectivity index (χ3v) is 6.19. The highest BCUT2D eigenvalue weighted by atomic mass is 35.5. The molecule has 4 aromatic rings. The SMILES string of the molecule is COCc1cc(-c2nc(-c3ccc(CN(C)CC(=O)OC(C)(C)C)cc3)no2)ccc1-c1cccc(F)c1Cl. The van der Waals surface area contributed by atoms with Gasteiger partial charge in [-0.1, -0.05) is 59.2 Å². The summed E-state index contributed by atoms with van der Waals surface area (Å²) >= 11 is 6.23. The summed E-state index contributed by atoms with van der Waals surface area (Å²) in [7, 11) is 3.46. The van der Waals surface area contributed by atoms with Gasteiger partial charge in [0.2, 0.25) is 5.82 Å². The predicted molar refractivity (Wildman–Crippen MR) is 148 cm³/mol. The number of esters is 1. The molecule has 204 valence electrons. The van der Waals surface area contributed by atoms with Crippen molar-refractivity contribution in [1.29, 1.82) is 0 Å². The molecule has 9 heteroatoms. The van der Waals surface area contributed by atoms with Crippen molar-refractivity contribution < 1.29 is 23.2 Å². The molecule has 1 aromatic heterocycles. The molecular weight excluding hydrogens is 521 g/mol. The third-order valence-electron chi connectivity index (χ3n) is 5.80. The van der Waals surface area contributed by atoms with Crippen molar-refractivity contribution in [3.05, 3.63) is 82.6 Å². The van der Waals surface area contributed by atoms with Crippen LogP contribution in [-0.4, -0.2) is 47.3 Å². The number of hydrogen-bond acceptors (Lipinski definition) is 7. The average Bonchev–Trinajstić information content (AvgIpc) is 3.36. The highest BCUT2D eigenvalue weighted by molar-refractivity contribution is 6.33. The molecule has 0 N–H and O–H groups in total. The molecule has 0 aliphatic rings. The van der Waals surface area contributed by atoms with Crippen LogP contribution in [0.2, 0.25) is 5.02 Å². The number of carbonyl (C=O) groups excluding carboxylic acids is 1. The van der Waals surface area contributed by atoms with Gasteiger partial charge in [0, 0.05) is 30.3 Å². The van der Waals surface area contributed by atoms with Crippen molar-refractivity contribution in [2.75, 3.05) is 20.7 Å². The number of methoxy groups -OCH3 is 1. The average molecular weight is 552 g/mol. The zero-order valence-electron chi connectivity index (χ0n) is 22.6. The first-order chi connectivity index (χ1) is 18.5. The Morgan fingerprint density at radius 3 is 2.46 bits per heavy atom. The molecule has 0 saturated carbocycles. The number of ether oxygens (including phenoxy) is 2. The second kappa shape index (κ2) is 12.1. The summed E-state index contributed by atoms with van der Waals surface area (Å²) in [5, 5.41) is 4.21. The molecule has 0 bridgehead atoms. The van der Waals surface area contributed by atoms with Crippen molar-refractivity contribution in [3.8, 4) is 34.0 Å². The summed E-state index contributed by atoms with van der Waals surface area (Å²) < 4.78 is 30.4. The third kappa shape index (κ3) is 7.29. The Bertz CT molecular complexity index is 1450. The van der Waals surface area contributed by atoms with Crippen LogP contribution in [0.15, 0.2) is 65.2 Å². The van der Waals surface area contributed by atoms with Crippen LogP contribution >= 0.6 is 11.6 Å². The molecule has 0 fully saturated rings. The summed E-state index contributed by atoms with van der Waals surface area (Å²) in [5.41, 5.74) is 4.17. The van der Waals surface area contributed by atoms with Crippen LogP contribution in [0.25, 0.3) is 34.0 Å². The zero-order valence-corrected chi connectivity index (χ0v) is 23.4. The van der Waals surface area contributed by atoms with E-state index in [0.717, 1.165) is 22.3 Å². The first-order valence-corrected chi connectivity index (χ1v) is 12.8. The Kier molecular flexibility index (Phi) is 8.80. The summed E-state index contributed by atoms with van der Waals surface area (Å²) in [5.74, 6) is 0.0511. The Morgan fingerprint density at radius 2 is 1.77 bits per heavy atom. The van der Waals surface area contributed by atoms with Crippen LogP contribution in [-0.2, 0) is 27.4 Å². The number of carbonyl (C=O) groups is 1. The quantitative estimate of drug-likeness (QED) is 0.212. The standard InChI is InChI=1S/C30H31ClFN3O4/c1-30(2,3)38-26(36)17-35(4)16-19-9-11-20(12-10-19)28-33-29(39-34-28)21-13-14-23(22(15-21)18-37-5)24-7-6-8-25(32)27(24)31/h6-15H,16-18H2,1-5H3. The summed E-state index contributed by atoms with van der Waals surface area (Å²) in [6.07, 6.45) is 0. The molecule has 0 unspecified atom stereocenters. The first kappa shape index (κ1) is 28.4. The summed E-state index contributed by atoms with van der Waals surface area (Å²) in [6, 6.07) is 18.0. The Hall–Kier alpha value is -3.59. The molecule has 0 aliphatic carbocycles. The largest absolute Gasteiger partial charge is 0.459 e. The number of aromatic nitrogens is 2. The Morgan fingerprint density at radius 1 is 1.05 bits per heavy atom. The van der Waals surface area contributed by atoms with Crippen LogP contribution in [0.5, 0.6) is 0 Å². The lowest BCUT2D eigenvalue weighted by Gasteiger charge is -2.22. The normalized spacial score (nSPS) is 11.7. The summed E-state index contributed by atoms with van der Waals surface area (Å²) in [6.45, 7) is 6.63. The van der Waals surface area contributed by atoms with E-state index in [1.807, 2.05) is 75.2 Å². The van der Waals surface area contributed by atoms with E-state index in [9.17, 15) is 9.18 Å². The molecule has 3 aromatic carbocycles. The molecule has 0 saturated heterocycles. The minimum absolute atomic E-state index is 0.0576. The molecule has 39 heavy (non-hydrogen) atoms. The number of rotatable bonds is 9. The molecule has 0 amide bonds. The summed E-state index contributed by atoms with van der Waals surface area (Å²) in [4.78, 5) is 18.5. The van der Waals surface area contributed by atoms with E-state index in [1.165, 1.54) is 6.07 Å². The van der Waals surface area contributed by atoms with E-state index in [2.05, 4.69) is 10.1 Å². The lowest BCUT2D eigenvalue weighted by atomic mass is 9.97. The fourth-order valence-electron chi connectivity index (χ4n) is 4.16. The first-order valence-electron chi connectivity index (χ1n) is 12.4. The van der Waals surface area contributed by atoms with Gasteiger partial charge in [-0.3, -0.25) is 9.69 Å². The molecular formula is C30H31ClFN3O4. The van der Waals surface area contributed by atoms with Gasteiger partial charge >= 0.3 is 5.97 Å². The maximum Gasteiger partial charge on any atom is 0.320 e. The highest BCUT2D eigenvalue weighted by Crippen LogP contribution is 2.35. The number of halogens is 2. The lowest BCUT2D eigenvalue weighted by Crippen LogP contribution is -2.32. The van der Waals surface area contributed by atoms with Crippen LogP contribution < -0.4 is 0 Å². The second-order valence-electron chi connectivity index (χ2n) is 10.3. The highest BCUT2D eigenvalue weighted by Gasteiger charge is 2.18. The number of nitrogens with zero attached hydrogens (tertiary/aromatic N) is 3. The van der Waals surface area contributed by atoms with Gasteiger partial charge in [0.05, 0.1) is 18.2 Å². The molecule has 1 heterocycles. The topological polar surface area (TPSA) is 77.7 Å². The fourth-order valence-corrected chi connectivity index (χ4v) is 4.38. The van der Waals surface area contributed by atoms with Gasteiger partial charge < -0.3 is 14.0 Å². The van der Waals surface area contributed by atoms with Crippen LogP contribution in [0.4, 0.5) is 4.39 Å². The van der Waals surface area contributed by atoms with E-state index in [0.29, 0.717) is 36.0 Å². The van der Waals surface area contributed by atoms with Crippen molar-refractivity contribution in [3.63, 3.8) is 0 Å². The Balaban J connectivity index is 1.49. The molecule has 0 spiro atoms. The fraction of sp³-hybridized carbons (Fsp3) is 0.300. The van der Waals surface area contributed by atoms with Crippen LogP contribution in [0.3, 0.4) is 0 Å². The minimum atomic E-state index is -0.509. The number of hydrogen-bond donors (Lipinski definition) is 0. The molecule has 7 nitrogen and oxygen atoms in total. The van der Waals surface area contributed by atoms with E-state index in [4.69, 9.17) is 25.6 Å². The van der Waals surface area contributed by atoms with Gasteiger partial charge in [-0.2, -0.15) is 4.98 Å². The second-order valence-corrected chi connectivity index (χ2v) is 10.7. The van der Waals surface area contributed by atoms with Crippen molar-refractivity contribution in [1.82, 2.24) is 15.0 Å².